The Labute approximate surface area is 351 Å². The summed E-state index contributed by atoms with van der Waals surface area (Å²) in [7, 11) is 1.59. The Kier molecular flexibility index (Phi) is 38.0. The van der Waals surface area contributed by atoms with E-state index in [-0.39, 0.29) is 19.1 Å². The highest BCUT2D eigenvalue weighted by molar-refractivity contribution is 7.47. The molecule has 0 fully saturated rings. The van der Waals surface area contributed by atoms with Crippen LogP contribution in [0.5, 0.6) is 0 Å². The lowest BCUT2D eigenvalue weighted by Gasteiger charge is -2.26. The van der Waals surface area contributed by atoms with Crippen molar-refractivity contribution in [2.24, 2.45) is 0 Å². The molecule has 0 aromatic rings. The molecule has 3 unspecified atom stereocenters. The van der Waals surface area contributed by atoms with E-state index in [1.165, 1.54) is 64.2 Å². The van der Waals surface area contributed by atoms with Crippen LogP contribution in [0.25, 0.3) is 0 Å². The van der Waals surface area contributed by atoms with E-state index in [1.54, 1.807) is 0 Å². The van der Waals surface area contributed by atoms with E-state index in [2.05, 4.69) is 92.1 Å². The maximum absolute atomic E-state index is 12.8. The van der Waals surface area contributed by atoms with Crippen LogP contribution in [0.2, 0.25) is 0 Å². The minimum atomic E-state index is -4.31. The third kappa shape index (κ3) is 41.9. The Morgan fingerprint density at radius 3 is 1.54 bits per heavy atom. The number of hydrogen-bond donors (Lipinski definition) is 3. The third-order valence-corrected chi connectivity index (χ3v) is 10.7. The molecule has 3 atom stereocenters. The van der Waals surface area contributed by atoms with Gasteiger partial charge in [0.1, 0.15) is 13.2 Å². The van der Waals surface area contributed by atoms with Crippen molar-refractivity contribution in [1.29, 1.82) is 0 Å². The predicted octanol–water partition coefficient (Wildman–Crippen LogP) is 12.8. The number of nitrogens with one attached hydrogen (secondary N) is 1. The summed E-state index contributed by atoms with van der Waals surface area (Å²) in [6, 6.07) is -0.766. The number of likely N-dealkylation sites (N-methyl/N-ethyl adjacent to an activating group) is 1. The van der Waals surface area contributed by atoms with Crippen molar-refractivity contribution in [2.75, 3.05) is 40.9 Å². The first-order valence-electron chi connectivity index (χ1n) is 22.8. The molecule has 0 aliphatic rings. The third-order valence-electron chi connectivity index (χ3n) is 9.72. The number of rotatable bonds is 40. The average Bonchev–Trinajstić information content (AvgIpc) is 3.16. The number of amides is 1. The molecule has 0 heterocycles. The fraction of sp³-hybridized carbons (Fsp3) is 0.729. The number of phosphoric acid groups is 1. The second-order valence-corrected chi connectivity index (χ2v) is 17.9. The number of phosphoric ester groups is 1. The van der Waals surface area contributed by atoms with Gasteiger partial charge in [-0.15, -0.1) is 0 Å². The van der Waals surface area contributed by atoms with Gasteiger partial charge in [-0.3, -0.25) is 13.8 Å². The lowest BCUT2D eigenvalue weighted by Crippen LogP contribution is -2.46. The normalized spacial score (nSPS) is 15.0. The highest BCUT2D eigenvalue weighted by Crippen LogP contribution is 2.43. The van der Waals surface area contributed by atoms with Gasteiger partial charge in [-0.25, -0.2) is 4.57 Å². The largest absolute Gasteiger partial charge is 0.472 e. The highest BCUT2D eigenvalue weighted by atomic mass is 31.2. The van der Waals surface area contributed by atoms with Crippen molar-refractivity contribution < 1.29 is 32.9 Å². The molecule has 0 saturated heterocycles. The van der Waals surface area contributed by atoms with E-state index in [0.717, 1.165) is 83.5 Å². The first-order valence-corrected chi connectivity index (χ1v) is 24.3. The summed E-state index contributed by atoms with van der Waals surface area (Å²) >= 11 is 0. The number of aliphatic hydroxyl groups excluding tert-OH is 1. The zero-order chi connectivity index (χ0) is 42.1. The quantitative estimate of drug-likeness (QED) is 0.0246. The van der Waals surface area contributed by atoms with E-state index in [9.17, 15) is 19.4 Å². The molecule has 0 spiro atoms. The SMILES string of the molecule is CC/C=C\C/C=C\C/C=C\C/C=C\C/C=C\C/C=C\CCCCCCCCCCC(=O)NC(COP(=O)(O)OCC[N+](C)(C)C)C(O)CCCCCCCCCC. The van der Waals surface area contributed by atoms with E-state index >= 15 is 0 Å². The van der Waals surface area contributed by atoms with Crippen molar-refractivity contribution >= 4 is 13.7 Å². The summed E-state index contributed by atoms with van der Waals surface area (Å²) in [6.07, 6.45) is 52.3. The molecular weight excluding hydrogens is 732 g/mol. The lowest BCUT2D eigenvalue weighted by atomic mass is 10.0. The van der Waals surface area contributed by atoms with Gasteiger partial charge in [0.25, 0.3) is 0 Å². The van der Waals surface area contributed by atoms with Crippen LogP contribution in [0.4, 0.5) is 0 Å². The minimum Gasteiger partial charge on any atom is -0.391 e. The molecule has 0 aromatic heterocycles. The molecule has 3 N–H and O–H groups in total. The molecule has 8 nitrogen and oxygen atoms in total. The second-order valence-electron chi connectivity index (χ2n) is 16.4. The molecule has 9 heteroatoms. The number of nitrogens with zero attached hydrogens (tertiary/aromatic N) is 1. The predicted molar refractivity (Wildman–Crippen MR) is 244 cm³/mol. The summed E-state index contributed by atoms with van der Waals surface area (Å²) in [6.45, 7) is 4.71. The van der Waals surface area contributed by atoms with Gasteiger partial charge in [-0.2, -0.15) is 0 Å². The molecule has 57 heavy (non-hydrogen) atoms. The summed E-state index contributed by atoms with van der Waals surface area (Å²) in [5.41, 5.74) is 0. The van der Waals surface area contributed by atoms with Crippen LogP contribution in [-0.4, -0.2) is 73.4 Å². The van der Waals surface area contributed by atoms with Crippen molar-refractivity contribution in [1.82, 2.24) is 5.32 Å². The molecule has 0 aliphatic heterocycles. The molecular formula is C48H88N2O6P+. The summed E-state index contributed by atoms with van der Waals surface area (Å²) in [4.78, 5) is 23.1. The molecule has 0 bridgehead atoms. The Bertz CT molecular complexity index is 1160. The van der Waals surface area contributed by atoms with Crippen LogP contribution >= 0.6 is 7.82 Å². The fourth-order valence-electron chi connectivity index (χ4n) is 6.11. The highest BCUT2D eigenvalue weighted by Gasteiger charge is 2.28. The van der Waals surface area contributed by atoms with Gasteiger partial charge in [0, 0.05) is 6.42 Å². The number of aliphatic hydroxyl groups is 1. The van der Waals surface area contributed by atoms with Gasteiger partial charge in [-0.05, 0) is 64.2 Å². The van der Waals surface area contributed by atoms with Gasteiger partial charge >= 0.3 is 7.82 Å². The maximum Gasteiger partial charge on any atom is 0.472 e. The number of hydrogen-bond acceptors (Lipinski definition) is 5. The molecule has 330 valence electrons. The summed E-state index contributed by atoms with van der Waals surface area (Å²) in [5.74, 6) is -0.160. The van der Waals surface area contributed by atoms with E-state index in [1.807, 2.05) is 21.1 Å². The Morgan fingerprint density at radius 1 is 0.614 bits per heavy atom. The molecule has 0 saturated carbocycles. The van der Waals surface area contributed by atoms with E-state index < -0.39 is 20.0 Å². The molecule has 0 aromatic carbocycles. The van der Waals surface area contributed by atoms with E-state index in [0.29, 0.717) is 23.9 Å². The van der Waals surface area contributed by atoms with Crippen LogP contribution in [0, 0.1) is 0 Å². The number of carbonyl (C=O) groups is 1. The smallest absolute Gasteiger partial charge is 0.391 e. The minimum absolute atomic E-state index is 0.0689. The zero-order valence-electron chi connectivity index (χ0n) is 37.3. The van der Waals surface area contributed by atoms with Crippen LogP contribution in [0.1, 0.15) is 174 Å². The standard InChI is InChI=1S/C48H87N2O6P/c1-6-8-10-12-14-16-17-18-19-20-21-22-23-24-25-26-27-28-29-30-31-32-33-34-36-38-40-42-48(52)49-46(45-56-57(53,54)55-44-43-50(3,4)5)47(51)41-39-37-35-15-13-11-9-7-2/h8,10,14,16,18-19,21-22,24-25,27-28,46-47,51H,6-7,9,11-13,15,17,20,23,26,29-45H2,1-5H3,(H-,49,52,53,54)/p+1/b10-8-,16-14-,19-18-,22-21-,25-24-,28-27-. The monoisotopic (exact) mass is 820 g/mol. The van der Waals surface area contributed by atoms with Crippen molar-refractivity contribution in [2.45, 2.75) is 187 Å². The topological polar surface area (TPSA) is 105 Å². The van der Waals surface area contributed by atoms with Gasteiger partial charge in [0.2, 0.25) is 5.91 Å². The summed E-state index contributed by atoms with van der Waals surface area (Å²) < 4.78 is 23.5. The Morgan fingerprint density at radius 2 is 1.05 bits per heavy atom. The van der Waals surface area contributed by atoms with Crippen molar-refractivity contribution in [3.8, 4) is 0 Å². The lowest BCUT2D eigenvalue weighted by molar-refractivity contribution is -0.870. The van der Waals surface area contributed by atoms with Crippen molar-refractivity contribution in [3.05, 3.63) is 72.9 Å². The number of carbonyl (C=O) groups excluding carboxylic acids is 1. The number of unbranched alkanes of at least 4 members (excludes halogenated alkanes) is 15. The second kappa shape index (κ2) is 39.4. The first-order chi connectivity index (χ1) is 27.5. The molecule has 0 radical (unpaired) electrons. The fourth-order valence-corrected chi connectivity index (χ4v) is 6.84. The van der Waals surface area contributed by atoms with Crippen LogP contribution < -0.4 is 5.32 Å². The zero-order valence-corrected chi connectivity index (χ0v) is 38.2. The number of allylic oxidation sites excluding steroid dienone is 12. The molecule has 1 amide bonds. The Balaban J connectivity index is 4.17. The summed E-state index contributed by atoms with van der Waals surface area (Å²) in [5, 5.41) is 13.9. The van der Waals surface area contributed by atoms with Crippen molar-refractivity contribution in [3.63, 3.8) is 0 Å². The van der Waals surface area contributed by atoms with Gasteiger partial charge in [0.15, 0.2) is 0 Å². The van der Waals surface area contributed by atoms with Crippen LogP contribution in [0.3, 0.4) is 0 Å². The van der Waals surface area contributed by atoms with Gasteiger partial charge < -0.3 is 19.8 Å². The molecule has 0 rings (SSSR count). The van der Waals surface area contributed by atoms with Crippen LogP contribution in [0.15, 0.2) is 72.9 Å². The first kappa shape index (κ1) is 54.9. The van der Waals surface area contributed by atoms with Gasteiger partial charge in [0.05, 0.1) is 39.9 Å². The van der Waals surface area contributed by atoms with Gasteiger partial charge in [-0.1, -0.05) is 177 Å². The Hall–Kier alpha value is -2.06. The number of quaternary nitrogens is 1. The maximum atomic E-state index is 12.8. The van der Waals surface area contributed by atoms with E-state index in [4.69, 9.17) is 9.05 Å². The van der Waals surface area contributed by atoms with Crippen LogP contribution in [-0.2, 0) is 18.4 Å². The average molecular weight is 820 g/mol. The molecule has 0 aliphatic carbocycles.